The minimum Gasteiger partial charge on any atom is -0.494 e. The third-order valence-corrected chi connectivity index (χ3v) is 4.44. The van der Waals surface area contributed by atoms with Gasteiger partial charge in [-0.3, -0.25) is 9.59 Å². The molecule has 0 bridgehead atoms. The molecule has 0 saturated carbocycles. The zero-order valence-corrected chi connectivity index (χ0v) is 16.6. The lowest BCUT2D eigenvalue weighted by atomic mass is 10.1. The van der Waals surface area contributed by atoms with Crippen LogP contribution in [0.2, 0.25) is 0 Å². The van der Waals surface area contributed by atoms with Gasteiger partial charge in [0.05, 0.1) is 19.4 Å². The zero-order valence-electron chi connectivity index (χ0n) is 16.6. The lowest BCUT2D eigenvalue weighted by Crippen LogP contribution is -2.30. The van der Waals surface area contributed by atoms with E-state index in [2.05, 4.69) is 5.32 Å². The number of rotatable bonds is 8. The molecule has 0 unspecified atom stereocenters. The molecule has 29 heavy (non-hydrogen) atoms. The Balaban J connectivity index is 1.80. The Labute approximate surface area is 170 Å². The lowest BCUT2D eigenvalue weighted by molar-refractivity contribution is 0.0717. The summed E-state index contributed by atoms with van der Waals surface area (Å²) in [4.78, 5) is 26.6. The average Bonchev–Trinajstić information content (AvgIpc) is 3.27. The van der Waals surface area contributed by atoms with E-state index in [9.17, 15) is 9.59 Å². The molecule has 0 fully saturated rings. The Morgan fingerprint density at radius 2 is 1.66 bits per heavy atom. The second-order valence-electron chi connectivity index (χ2n) is 6.47. The summed E-state index contributed by atoms with van der Waals surface area (Å²) in [6, 6.07) is 18.0. The van der Waals surface area contributed by atoms with Crippen molar-refractivity contribution in [3.63, 3.8) is 0 Å². The number of amides is 2. The quantitative estimate of drug-likeness (QED) is 0.631. The molecule has 150 valence electrons. The fourth-order valence-corrected chi connectivity index (χ4v) is 2.96. The van der Waals surface area contributed by atoms with Gasteiger partial charge in [0.25, 0.3) is 11.8 Å². The number of nitrogens with zero attached hydrogens (tertiary/aromatic N) is 1. The standard InChI is InChI=1S/C23H24N2O4/c1-3-28-20-12-10-19(11-13-20)23(27)25(16-21-5-4-14-29-21)15-17-6-8-18(9-7-17)22(26)24-2/h4-14H,3,15-16H2,1-2H3,(H,24,26). The first-order valence-corrected chi connectivity index (χ1v) is 9.46. The maximum absolute atomic E-state index is 13.1. The summed E-state index contributed by atoms with van der Waals surface area (Å²) in [5, 5.41) is 2.60. The van der Waals surface area contributed by atoms with Crippen LogP contribution in [0.4, 0.5) is 0 Å². The van der Waals surface area contributed by atoms with Crippen LogP contribution in [0, 0.1) is 0 Å². The fourth-order valence-electron chi connectivity index (χ4n) is 2.96. The van der Waals surface area contributed by atoms with Gasteiger partial charge in [0, 0.05) is 24.7 Å². The Kier molecular flexibility index (Phi) is 6.68. The Morgan fingerprint density at radius 3 is 2.24 bits per heavy atom. The van der Waals surface area contributed by atoms with Crippen LogP contribution in [0.5, 0.6) is 5.75 Å². The highest BCUT2D eigenvalue weighted by Gasteiger charge is 2.18. The van der Waals surface area contributed by atoms with Gasteiger partial charge in [-0.1, -0.05) is 12.1 Å². The fraction of sp³-hybridized carbons (Fsp3) is 0.217. The normalized spacial score (nSPS) is 10.4. The van der Waals surface area contributed by atoms with Crippen molar-refractivity contribution in [1.82, 2.24) is 10.2 Å². The highest BCUT2D eigenvalue weighted by molar-refractivity contribution is 5.95. The predicted octanol–water partition coefficient (Wildman–Crippen LogP) is 3.88. The molecule has 2 amide bonds. The number of furan rings is 1. The first kappa shape index (κ1) is 20.2. The highest BCUT2D eigenvalue weighted by Crippen LogP contribution is 2.18. The van der Waals surface area contributed by atoms with E-state index in [-0.39, 0.29) is 11.8 Å². The Hall–Kier alpha value is -3.54. The summed E-state index contributed by atoms with van der Waals surface area (Å²) >= 11 is 0. The van der Waals surface area contributed by atoms with Crippen LogP contribution in [0.3, 0.4) is 0 Å². The summed E-state index contributed by atoms with van der Waals surface area (Å²) in [7, 11) is 1.59. The topological polar surface area (TPSA) is 71.8 Å². The number of ether oxygens (including phenoxy) is 1. The minimum atomic E-state index is -0.144. The highest BCUT2D eigenvalue weighted by atomic mass is 16.5. The van der Waals surface area contributed by atoms with Crippen molar-refractivity contribution in [2.75, 3.05) is 13.7 Å². The second kappa shape index (κ2) is 9.59. The van der Waals surface area contributed by atoms with E-state index >= 15 is 0 Å². The summed E-state index contributed by atoms with van der Waals surface area (Å²) in [5.74, 6) is 1.17. The summed E-state index contributed by atoms with van der Waals surface area (Å²) < 4.78 is 10.9. The molecule has 0 saturated heterocycles. The van der Waals surface area contributed by atoms with Crippen LogP contribution in [0.1, 0.15) is 39.0 Å². The molecule has 0 aliphatic rings. The molecular weight excluding hydrogens is 368 g/mol. The van der Waals surface area contributed by atoms with E-state index in [1.807, 2.05) is 25.1 Å². The van der Waals surface area contributed by atoms with Gasteiger partial charge in [-0.2, -0.15) is 0 Å². The Bertz CT molecular complexity index is 932. The molecule has 0 aliphatic carbocycles. The van der Waals surface area contributed by atoms with Crippen LogP contribution < -0.4 is 10.1 Å². The number of carbonyl (C=O) groups is 2. The molecule has 0 atom stereocenters. The molecule has 6 nitrogen and oxygen atoms in total. The van der Waals surface area contributed by atoms with Gasteiger partial charge in [0.1, 0.15) is 11.5 Å². The van der Waals surface area contributed by atoms with Gasteiger partial charge >= 0.3 is 0 Å². The van der Waals surface area contributed by atoms with Gasteiger partial charge in [0.15, 0.2) is 0 Å². The molecule has 3 rings (SSSR count). The number of nitrogens with one attached hydrogen (secondary N) is 1. The molecule has 0 spiro atoms. The maximum Gasteiger partial charge on any atom is 0.254 e. The number of hydrogen-bond donors (Lipinski definition) is 1. The maximum atomic E-state index is 13.1. The molecule has 3 aromatic rings. The second-order valence-corrected chi connectivity index (χ2v) is 6.47. The van der Waals surface area contributed by atoms with Crippen LogP contribution in [0.25, 0.3) is 0 Å². The van der Waals surface area contributed by atoms with Gasteiger partial charge in [-0.05, 0) is 61.0 Å². The van der Waals surface area contributed by atoms with Crippen molar-refractivity contribution < 1.29 is 18.7 Å². The van der Waals surface area contributed by atoms with Crippen molar-refractivity contribution in [3.05, 3.63) is 89.4 Å². The summed E-state index contributed by atoms with van der Waals surface area (Å²) in [5.41, 5.74) is 2.07. The molecule has 0 radical (unpaired) electrons. The zero-order chi connectivity index (χ0) is 20.6. The van der Waals surface area contributed by atoms with E-state index in [1.54, 1.807) is 60.7 Å². The van der Waals surface area contributed by atoms with Gasteiger partial charge < -0.3 is 19.4 Å². The molecule has 1 aromatic heterocycles. The van der Waals surface area contributed by atoms with Crippen molar-refractivity contribution in [2.45, 2.75) is 20.0 Å². The van der Waals surface area contributed by atoms with Crippen LogP contribution in [-0.4, -0.2) is 30.4 Å². The van der Waals surface area contributed by atoms with Crippen LogP contribution >= 0.6 is 0 Å². The van der Waals surface area contributed by atoms with Gasteiger partial charge in [-0.25, -0.2) is 0 Å². The average molecular weight is 392 g/mol. The smallest absolute Gasteiger partial charge is 0.254 e. The van der Waals surface area contributed by atoms with E-state index < -0.39 is 0 Å². The summed E-state index contributed by atoms with van der Waals surface area (Å²) in [6.45, 7) is 3.22. The van der Waals surface area contributed by atoms with Gasteiger partial charge in [-0.15, -0.1) is 0 Å². The summed E-state index contributed by atoms with van der Waals surface area (Å²) in [6.07, 6.45) is 1.59. The van der Waals surface area contributed by atoms with Crippen LogP contribution in [0.15, 0.2) is 71.3 Å². The van der Waals surface area contributed by atoms with Crippen LogP contribution in [-0.2, 0) is 13.1 Å². The largest absolute Gasteiger partial charge is 0.494 e. The number of carbonyl (C=O) groups excluding carboxylic acids is 2. The Morgan fingerprint density at radius 1 is 0.966 bits per heavy atom. The van der Waals surface area contributed by atoms with E-state index in [0.29, 0.717) is 36.6 Å². The molecule has 1 heterocycles. The van der Waals surface area contributed by atoms with E-state index in [1.165, 1.54) is 0 Å². The third-order valence-electron chi connectivity index (χ3n) is 4.44. The predicted molar refractivity (Wildman–Crippen MR) is 110 cm³/mol. The third kappa shape index (κ3) is 5.25. The van der Waals surface area contributed by atoms with Crippen molar-refractivity contribution in [2.24, 2.45) is 0 Å². The van der Waals surface area contributed by atoms with Crippen molar-refractivity contribution >= 4 is 11.8 Å². The number of benzene rings is 2. The first-order chi connectivity index (χ1) is 14.1. The molecule has 1 N–H and O–H groups in total. The molecular formula is C23H24N2O4. The van der Waals surface area contributed by atoms with Crippen molar-refractivity contribution in [1.29, 1.82) is 0 Å². The molecule has 2 aromatic carbocycles. The van der Waals surface area contributed by atoms with E-state index in [4.69, 9.17) is 9.15 Å². The van der Waals surface area contributed by atoms with E-state index in [0.717, 1.165) is 11.3 Å². The minimum absolute atomic E-state index is 0.111. The number of hydrogen-bond acceptors (Lipinski definition) is 4. The molecule has 6 heteroatoms. The SMILES string of the molecule is CCOc1ccc(C(=O)N(Cc2ccc(C(=O)NC)cc2)Cc2ccco2)cc1. The molecule has 0 aliphatic heterocycles. The first-order valence-electron chi connectivity index (χ1n) is 9.46. The monoisotopic (exact) mass is 392 g/mol. The lowest BCUT2D eigenvalue weighted by Gasteiger charge is -2.22. The van der Waals surface area contributed by atoms with Crippen molar-refractivity contribution in [3.8, 4) is 5.75 Å². The van der Waals surface area contributed by atoms with Gasteiger partial charge in [0.2, 0.25) is 0 Å².